The number of hydrogen-bond acceptors (Lipinski definition) is 5. The molecule has 1 aromatic heterocycles. The second-order valence-electron chi connectivity index (χ2n) is 8.26. The van der Waals surface area contributed by atoms with Crippen molar-refractivity contribution < 1.29 is 9.72 Å². The van der Waals surface area contributed by atoms with Gasteiger partial charge in [-0.25, -0.2) is 4.68 Å². The lowest BCUT2D eigenvalue weighted by atomic mass is 9.98. The zero-order valence-corrected chi connectivity index (χ0v) is 18.1. The third-order valence-electron chi connectivity index (χ3n) is 5.92. The van der Waals surface area contributed by atoms with E-state index >= 15 is 0 Å². The zero-order valence-electron chi connectivity index (χ0n) is 18.1. The Morgan fingerprint density at radius 2 is 1.94 bits per heavy atom. The fourth-order valence-electron chi connectivity index (χ4n) is 3.97. The van der Waals surface area contributed by atoms with Crippen molar-refractivity contribution in [2.24, 2.45) is 5.92 Å². The number of nitrogens with zero attached hydrogens (tertiary/aromatic N) is 4. The van der Waals surface area contributed by atoms with E-state index < -0.39 is 4.92 Å². The van der Waals surface area contributed by atoms with Crippen molar-refractivity contribution in [1.82, 2.24) is 15.1 Å². The van der Waals surface area contributed by atoms with Gasteiger partial charge in [-0.1, -0.05) is 25.1 Å². The van der Waals surface area contributed by atoms with Gasteiger partial charge in [-0.2, -0.15) is 5.10 Å². The highest BCUT2D eigenvalue weighted by Crippen LogP contribution is 2.29. The van der Waals surface area contributed by atoms with Gasteiger partial charge < -0.3 is 10.2 Å². The third-order valence-corrected chi connectivity index (χ3v) is 5.92. The van der Waals surface area contributed by atoms with Gasteiger partial charge in [0.05, 0.1) is 28.1 Å². The Kier molecular flexibility index (Phi) is 6.49. The lowest BCUT2D eigenvalue weighted by Gasteiger charge is -2.33. The monoisotopic (exact) mass is 433 g/mol. The average Bonchev–Trinajstić information content (AvgIpc) is 3.29. The van der Waals surface area contributed by atoms with Crippen molar-refractivity contribution in [3.8, 4) is 5.69 Å². The summed E-state index contributed by atoms with van der Waals surface area (Å²) in [7, 11) is 0. The molecule has 2 heterocycles. The van der Waals surface area contributed by atoms with Crippen molar-refractivity contribution in [2.75, 3.05) is 24.5 Å². The third kappa shape index (κ3) is 4.96. The molecule has 1 amide bonds. The van der Waals surface area contributed by atoms with Gasteiger partial charge in [-0.15, -0.1) is 0 Å². The summed E-state index contributed by atoms with van der Waals surface area (Å²) in [6.07, 6.45) is 6.43. The molecule has 0 saturated carbocycles. The first-order valence-electron chi connectivity index (χ1n) is 10.9. The van der Waals surface area contributed by atoms with Gasteiger partial charge in [0, 0.05) is 38.0 Å². The summed E-state index contributed by atoms with van der Waals surface area (Å²) in [4.78, 5) is 26.0. The van der Waals surface area contributed by atoms with Gasteiger partial charge in [0.25, 0.3) is 11.6 Å². The van der Waals surface area contributed by atoms with E-state index in [1.165, 1.54) is 12.1 Å². The van der Waals surface area contributed by atoms with Gasteiger partial charge in [0.2, 0.25) is 0 Å². The number of anilines is 1. The average molecular weight is 434 g/mol. The van der Waals surface area contributed by atoms with E-state index in [0.29, 0.717) is 24.4 Å². The van der Waals surface area contributed by atoms with Crippen LogP contribution in [0, 0.1) is 16.0 Å². The van der Waals surface area contributed by atoms with Gasteiger partial charge in [-0.3, -0.25) is 14.9 Å². The number of para-hydroxylation sites is 1. The van der Waals surface area contributed by atoms with E-state index in [9.17, 15) is 14.9 Å². The molecule has 1 aliphatic heterocycles. The molecule has 0 unspecified atom stereocenters. The van der Waals surface area contributed by atoms with Crippen LogP contribution in [0.15, 0.2) is 60.9 Å². The number of nitrogens with one attached hydrogen (secondary N) is 1. The van der Waals surface area contributed by atoms with Crippen LogP contribution in [0.4, 0.5) is 11.4 Å². The standard InChI is InChI=1S/C24H27N5O3/c1-18-10-13-27(14-11-18)23-8-7-21(29(31)32)15-22(23)24(30)25-12-9-19-16-26-28(17-19)20-5-3-2-4-6-20/h2-8,15-18H,9-14H2,1H3,(H,25,30). The van der Waals surface area contributed by atoms with Crippen LogP contribution in [0.2, 0.25) is 0 Å². The Bertz CT molecular complexity index is 1090. The topological polar surface area (TPSA) is 93.3 Å². The van der Waals surface area contributed by atoms with Crippen LogP contribution < -0.4 is 10.2 Å². The minimum absolute atomic E-state index is 0.0755. The number of amides is 1. The summed E-state index contributed by atoms with van der Waals surface area (Å²) in [6.45, 7) is 4.33. The normalized spacial score (nSPS) is 14.3. The minimum atomic E-state index is -0.461. The van der Waals surface area contributed by atoms with E-state index in [-0.39, 0.29) is 11.6 Å². The maximum Gasteiger partial charge on any atom is 0.270 e. The van der Waals surface area contributed by atoms with Crippen LogP contribution in [-0.4, -0.2) is 40.2 Å². The van der Waals surface area contributed by atoms with Crippen LogP contribution in [0.25, 0.3) is 5.69 Å². The van der Waals surface area contributed by atoms with Crippen LogP contribution in [0.3, 0.4) is 0 Å². The summed E-state index contributed by atoms with van der Waals surface area (Å²) < 4.78 is 1.80. The van der Waals surface area contributed by atoms with Gasteiger partial charge in [-0.05, 0) is 48.9 Å². The minimum Gasteiger partial charge on any atom is -0.371 e. The zero-order chi connectivity index (χ0) is 22.5. The molecule has 0 atom stereocenters. The molecular formula is C24H27N5O3. The number of benzene rings is 2. The predicted octanol–water partition coefficient (Wildman–Crippen LogP) is 3.99. The van der Waals surface area contributed by atoms with Crippen molar-refractivity contribution in [1.29, 1.82) is 0 Å². The summed E-state index contributed by atoms with van der Waals surface area (Å²) in [5.74, 6) is 0.358. The first-order chi connectivity index (χ1) is 15.5. The number of hydrogen-bond donors (Lipinski definition) is 1. The number of piperidine rings is 1. The van der Waals surface area contributed by atoms with Gasteiger partial charge >= 0.3 is 0 Å². The van der Waals surface area contributed by atoms with E-state index in [0.717, 1.165) is 42.9 Å². The number of carbonyl (C=O) groups excluding carboxylic acids is 1. The van der Waals surface area contributed by atoms with Crippen LogP contribution in [0.5, 0.6) is 0 Å². The van der Waals surface area contributed by atoms with Crippen molar-refractivity contribution in [2.45, 2.75) is 26.2 Å². The number of carbonyl (C=O) groups is 1. The first-order valence-corrected chi connectivity index (χ1v) is 10.9. The summed E-state index contributed by atoms with van der Waals surface area (Å²) >= 11 is 0. The van der Waals surface area contributed by atoms with Gasteiger partial charge in [0.1, 0.15) is 0 Å². The Balaban J connectivity index is 1.43. The highest BCUT2D eigenvalue weighted by molar-refractivity contribution is 6.00. The van der Waals surface area contributed by atoms with Crippen molar-refractivity contribution >= 4 is 17.3 Å². The molecule has 3 aromatic rings. The van der Waals surface area contributed by atoms with Crippen LogP contribution >= 0.6 is 0 Å². The van der Waals surface area contributed by atoms with E-state index in [4.69, 9.17) is 0 Å². The SMILES string of the molecule is CC1CCN(c2ccc([N+](=O)[O-])cc2C(=O)NCCc2cnn(-c3ccccc3)c2)CC1. The van der Waals surface area contributed by atoms with Gasteiger partial charge in [0.15, 0.2) is 0 Å². The Labute approximate surface area is 187 Å². The number of non-ortho nitro benzene ring substituents is 1. The number of aromatic nitrogens is 2. The van der Waals surface area contributed by atoms with E-state index in [1.807, 2.05) is 36.5 Å². The molecule has 1 saturated heterocycles. The Hall–Kier alpha value is -3.68. The molecule has 0 spiro atoms. The second kappa shape index (κ2) is 9.64. The molecule has 2 aromatic carbocycles. The first kappa shape index (κ1) is 21.5. The molecule has 166 valence electrons. The maximum atomic E-state index is 13.0. The van der Waals surface area contributed by atoms with Crippen molar-refractivity contribution in [3.63, 3.8) is 0 Å². The van der Waals surface area contributed by atoms with E-state index in [1.54, 1.807) is 16.9 Å². The second-order valence-corrected chi connectivity index (χ2v) is 8.26. The molecule has 4 rings (SSSR count). The quantitative estimate of drug-likeness (QED) is 0.449. The molecular weight excluding hydrogens is 406 g/mol. The molecule has 8 heteroatoms. The lowest BCUT2D eigenvalue weighted by molar-refractivity contribution is -0.384. The van der Waals surface area contributed by atoms with Crippen LogP contribution in [0.1, 0.15) is 35.7 Å². The summed E-state index contributed by atoms with van der Waals surface area (Å²) in [5, 5.41) is 18.6. The molecule has 8 nitrogen and oxygen atoms in total. The Morgan fingerprint density at radius 3 is 2.66 bits per heavy atom. The molecule has 0 bridgehead atoms. The number of nitro groups is 1. The molecule has 1 aliphatic rings. The lowest BCUT2D eigenvalue weighted by Crippen LogP contribution is -2.35. The summed E-state index contributed by atoms with van der Waals surface area (Å²) in [5.41, 5.74) is 3.01. The molecule has 0 radical (unpaired) electrons. The number of nitro benzene ring substituents is 1. The Morgan fingerprint density at radius 1 is 1.19 bits per heavy atom. The number of rotatable bonds is 7. The molecule has 32 heavy (non-hydrogen) atoms. The van der Waals surface area contributed by atoms with E-state index in [2.05, 4.69) is 22.2 Å². The van der Waals surface area contributed by atoms with Crippen LogP contribution in [-0.2, 0) is 6.42 Å². The molecule has 0 aliphatic carbocycles. The fourth-order valence-corrected chi connectivity index (χ4v) is 3.97. The fraction of sp³-hybridized carbons (Fsp3) is 0.333. The predicted molar refractivity (Wildman–Crippen MR) is 123 cm³/mol. The van der Waals surface area contributed by atoms with Crippen molar-refractivity contribution in [3.05, 3.63) is 82.2 Å². The smallest absolute Gasteiger partial charge is 0.270 e. The molecule has 1 fully saturated rings. The highest BCUT2D eigenvalue weighted by Gasteiger charge is 2.23. The maximum absolute atomic E-state index is 13.0. The highest BCUT2D eigenvalue weighted by atomic mass is 16.6. The molecule has 1 N–H and O–H groups in total. The summed E-state index contributed by atoms with van der Waals surface area (Å²) in [6, 6.07) is 14.4. The largest absolute Gasteiger partial charge is 0.371 e.